The predicted octanol–water partition coefficient (Wildman–Crippen LogP) is 7.56. The van der Waals surface area contributed by atoms with Crippen molar-refractivity contribution >= 4 is 34.5 Å². The number of anilines is 2. The number of amides is 1. The molecule has 0 saturated carbocycles. The van der Waals surface area contributed by atoms with Crippen molar-refractivity contribution in [2.45, 2.75) is 39.0 Å². The number of benzene rings is 4. The first-order valence-electron chi connectivity index (χ1n) is 14.2. The summed E-state index contributed by atoms with van der Waals surface area (Å²) in [5.41, 5.74) is 15.3. The third-order valence-corrected chi connectivity index (χ3v) is 7.51. The van der Waals surface area contributed by atoms with E-state index < -0.39 is 5.91 Å². The second-order valence-corrected chi connectivity index (χ2v) is 10.6. The number of nitrogens with one attached hydrogen (secondary N) is 1. The van der Waals surface area contributed by atoms with E-state index in [4.69, 9.17) is 10.5 Å². The molecular weight excluding hydrogens is 522 g/mol. The maximum absolute atomic E-state index is 12.4. The van der Waals surface area contributed by atoms with Gasteiger partial charge in [0.2, 0.25) is 0 Å². The molecule has 6 heteroatoms. The monoisotopic (exact) mass is 557 g/mol. The summed E-state index contributed by atoms with van der Waals surface area (Å²) in [5, 5.41) is 4.24. The third-order valence-electron chi connectivity index (χ3n) is 7.51. The Labute approximate surface area is 246 Å². The van der Waals surface area contributed by atoms with Crippen molar-refractivity contribution in [2.24, 2.45) is 5.73 Å². The highest BCUT2D eigenvalue weighted by Gasteiger charge is 2.16. The van der Waals surface area contributed by atoms with Crippen LogP contribution in [0.25, 0.3) is 22.0 Å². The number of aryl methyl sites for hydroxylation is 2. The third kappa shape index (κ3) is 6.66. The van der Waals surface area contributed by atoms with Crippen LogP contribution in [0.1, 0.15) is 51.9 Å². The zero-order valence-electron chi connectivity index (χ0n) is 24.0. The average Bonchev–Trinajstić information content (AvgIpc) is 3.00. The van der Waals surface area contributed by atoms with E-state index in [1.807, 2.05) is 31.2 Å². The molecule has 0 radical (unpaired) electrons. The zero-order valence-corrected chi connectivity index (χ0v) is 24.0. The van der Waals surface area contributed by atoms with Crippen LogP contribution in [0, 0.1) is 6.92 Å². The van der Waals surface area contributed by atoms with Gasteiger partial charge in [0.05, 0.1) is 23.9 Å². The molecule has 6 nitrogen and oxygen atoms in total. The van der Waals surface area contributed by atoms with Crippen LogP contribution in [0.5, 0.6) is 5.75 Å². The number of nitrogens with two attached hydrogens (primary N) is 1. The SMILES string of the molecule is COc1cccc(Nc2c(C(N)=O)cnc3c(C)cc(Cc4ccc(-c5ccc(CCCCC=O)cc5)cc4)cc23)c1. The number of unbranched alkanes of at least 4 members (excludes halogenated alkanes) is 2. The molecule has 5 aromatic rings. The highest BCUT2D eigenvalue weighted by atomic mass is 16.5. The molecule has 1 heterocycles. The van der Waals surface area contributed by atoms with E-state index in [0.29, 0.717) is 23.4 Å². The lowest BCUT2D eigenvalue weighted by atomic mass is 9.96. The molecule has 0 bridgehead atoms. The van der Waals surface area contributed by atoms with Gasteiger partial charge in [0, 0.05) is 29.8 Å². The first kappa shape index (κ1) is 28.6. The molecule has 1 amide bonds. The first-order valence-corrected chi connectivity index (χ1v) is 14.2. The predicted molar refractivity (Wildman–Crippen MR) is 170 cm³/mol. The number of aromatic nitrogens is 1. The van der Waals surface area contributed by atoms with Crippen molar-refractivity contribution in [2.75, 3.05) is 12.4 Å². The minimum atomic E-state index is -0.542. The minimum absolute atomic E-state index is 0.332. The number of ether oxygens (including phenoxy) is 1. The number of primary amides is 1. The van der Waals surface area contributed by atoms with Gasteiger partial charge in [-0.15, -0.1) is 0 Å². The summed E-state index contributed by atoms with van der Waals surface area (Å²) in [6.45, 7) is 2.03. The Morgan fingerprint density at radius 1 is 0.905 bits per heavy atom. The van der Waals surface area contributed by atoms with Gasteiger partial charge in [-0.05, 0) is 84.2 Å². The number of rotatable bonds is 12. The normalized spacial score (nSPS) is 10.9. The summed E-state index contributed by atoms with van der Waals surface area (Å²) < 4.78 is 5.37. The van der Waals surface area contributed by atoms with Crippen molar-refractivity contribution in [3.8, 4) is 16.9 Å². The summed E-state index contributed by atoms with van der Waals surface area (Å²) >= 11 is 0. The van der Waals surface area contributed by atoms with Crippen LogP contribution in [0.4, 0.5) is 11.4 Å². The van der Waals surface area contributed by atoms with Crippen molar-refractivity contribution < 1.29 is 14.3 Å². The minimum Gasteiger partial charge on any atom is -0.497 e. The van der Waals surface area contributed by atoms with Crippen LogP contribution >= 0.6 is 0 Å². The second-order valence-electron chi connectivity index (χ2n) is 10.6. The van der Waals surface area contributed by atoms with E-state index >= 15 is 0 Å². The summed E-state index contributed by atoms with van der Waals surface area (Å²) in [7, 11) is 1.62. The largest absolute Gasteiger partial charge is 0.497 e. The first-order chi connectivity index (χ1) is 20.4. The lowest BCUT2D eigenvalue weighted by Gasteiger charge is -2.16. The molecule has 212 valence electrons. The molecule has 0 aliphatic carbocycles. The zero-order chi connectivity index (χ0) is 29.5. The number of methoxy groups -OCH3 is 1. The molecule has 0 fully saturated rings. The van der Waals surface area contributed by atoms with Gasteiger partial charge >= 0.3 is 0 Å². The highest BCUT2D eigenvalue weighted by molar-refractivity contribution is 6.08. The molecule has 0 aliphatic rings. The number of carbonyl (C=O) groups is 2. The molecule has 0 atom stereocenters. The Bertz CT molecular complexity index is 1710. The van der Waals surface area contributed by atoms with Crippen LogP contribution in [-0.2, 0) is 17.6 Å². The lowest BCUT2D eigenvalue weighted by molar-refractivity contribution is -0.107. The number of aldehydes is 1. The van der Waals surface area contributed by atoms with E-state index in [9.17, 15) is 9.59 Å². The molecule has 3 N–H and O–H groups in total. The summed E-state index contributed by atoms with van der Waals surface area (Å²) in [6, 6.07) is 29.1. The van der Waals surface area contributed by atoms with Gasteiger partial charge in [0.1, 0.15) is 12.0 Å². The lowest BCUT2D eigenvalue weighted by Crippen LogP contribution is -2.14. The van der Waals surface area contributed by atoms with Crippen LogP contribution in [0.15, 0.2) is 91.1 Å². The van der Waals surface area contributed by atoms with Crippen molar-refractivity contribution in [3.63, 3.8) is 0 Å². The standard InChI is InChI=1S/C36H35N3O3/c1-24-19-27(20-26-12-16-29(17-13-26)28-14-10-25(11-15-28)7-4-3-5-18-40)21-32-34(24)38-23-33(36(37)41)35(32)39-30-8-6-9-31(22-30)42-2/h6,8-19,21-23H,3-5,7,20H2,1-2H3,(H2,37,41)(H,38,39). The molecule has 0 saturated heterocycles. The topological polar surface area (TPSA) is 94.3 Å². The van der Waals surface area contributed by atoms with Crippen molar-refractivity contribution in [1.82, 2.24) is 4.98 Å². The van der Waals surface area contributed by atoms with Gasteiger partial charge in [-0.2, -0.15) is 0 Å². The molecular formula is C36H35N3O3. The molecule has 42 heavy (non-hydrogen) atoms. The Morgan fingerprint density at radius 2 is 1.62 bits per heavy atom. The van der Waals surface area contributed by atoms with E-state index in [-0.39, 0.29) is 0 Å². The van der Waals surface area contributed by atoms with Crippen molar-refractivity contribution in [1.29, 1.82) is 0 Å². The number of fused-ring (bicyclic) bond motifs is 1. The number of pyridine rings is 1. The second kappa shape index (κ2) is 13.1. The Morgan fingerprint density at radius 3 is 2.29 bits per heavy atom. The summed E-state index contributed by atoms with van der Waals surface area (Å²) in [4.78, 5) is 27.5. The maximum atomic E-state index is 12.4. The molecule has 1 aromatic heterocycles. The maximum Gasteiger partial charge on any atom is 0.252 e. The quantitative estimate of drug-likeness (QED) is 0.122. The van der Waals surface area contributed by atoms with Gasteiger partial charge in [-0.1, -0.05) is 60.7 Å². The summed E-state index contributed by atoms with van der Waals surface area (Å²) in [6.07, 6.45) is 6.85. The molecule has 0 aliphatic heterocycles. The average molecular weight is 558 g/mol. The van der Waals surface area contributed by atoms with Gasteiger partial charge in [0.25, 0.3) is 5.91 Å². The van der Waals surface area contributed by atoms with E-state index in [0.717, 1.165) is 59.7 Å². The van der Waals surface area contributed by atoms with E-state index in [2.05, 4.69) is 71.0 Å². The Hall–Kier alpha value is -4.97. The van der Waals surface area contributed by atoms with Gasteiger partial charge in [-0.25, -0.2) is 0 Å². The number of hydrogen-bond donors (Lipinski definition) is 2. The van der Waals surface area contributed by atoms with E-state index in [1.54, 1.807) is 13.3 Å². The number of nitrogens with zero attached hydrogens (tertiary/aromatic N) is 1. The van der Waals surface area contributed by atoms with Crippen LogP contribution in [0.3, 0.4) is 0 Å². The molecule has 0 unspecified atom stereocenters. The van der Waals surface area contributed by atoms with Gasteiger partial charge < -0.3 is 20.6 Å². The number of hydrogen-bond acceptors (Lipinski definition) is 5. The summed E-state index contributed by atoms with van der Waals surface area (Å²) in [5.74, 6) is 0.167. The fraction of sp³-hybridized carbons (Fsp3) is 0.194. The van der Waals surface area contributed by atoms with Crippen molar-refractivity contribution in [3.05, 3.63) is 119 Å². The van der Waals surface area contributed by atoms with Crippen LogP contribution < -0.4 is 15.8 Å². The van der Waals surface area contributed by atoms with E-state index in [1.165, 1.54) is 22.3 Å². The molecule has 4 aromatic carbocycles. The molecule has 5 rings (SSSR count). The van der Waals surface area contributed by atoms with Crippen LogP contribution in [-0.4, -0.2) is 24.3 Å². The van der Waals surface area contributed by atoms with Gasteiger partial charge in [0.15, 0.2) is 0 Å². The highest BCUT2D eigenvalue weighted by Crippen LogP contribution is 2.33. The Kier molecular flexibility index (Phi) is 8.93. The molecule has 0 spiro atoms. The van der Waals surface area contributed by atoms with Crippen LogP contribution in [0.2, 0.25) is 0 Å². The Balaban J connectivity index is 1.39. The fourth-order valence-corrected chi connectivity index (χ4v) is 5.30. The smallest absolute Gasteiger partial charge is 0.252 e. The number of carbonyl (C=O) groups excluding carboxylic acids is 2. The van der Waals surface area contributed by atoms with Gasteiger partial charge in [-0.3, -0.25) is 9.78 Å². The fourth-order valence-electron chi connectivity index (χ4n) is 5.30.